The lowest BCUT2D eigenvalue weighted by Crippen LogP contribution is -2.49. The maximum atomic E-state index is 14.3. The summed E-state index contributed by atoms with van der Waals surface area (Å²) >= 11 is 0. The number of para-hydroxylation sites is 1. The molecule has 202 valence electrons. The van der Waals surface area contributed by atoms with E-state index in [4.69, 9.17) is 0 Å². The fraction of sp³-hybridized carbons (Fsp3) is 0.241. The van der Waals surface area contributed by atoms with Gasteiger partial charge in [0.25, 0.3) is 5.56 Å². The fourth-order valence-corrected chi connectivity index (χ4v) is 6.47. The van der Waals surface area contributed by atoms with Gasteiger partial charge in [0.1, 0.15) is 17.3 Å². The third-order valence-corrected chi connectivity index (χ3v) is 8.89. The number of rotatable bonds is 7. The summed E-state index contributed by atoms with van der Waals surface area (Å²) in [6, 6.07) is 20.3. The van der Waals surface area contributed by atoms with E-state index >= 15 is 0 Å². The van der Waals surface area contributed by atoms with Gasteiger partial charge < -0.3 is 14.8 Å². The maximum absolute atomic E-state index is 14.3. The van der Waals surface area contributed by atoms with E-state index in [9.17, 15) is 22.4 Å². The number of sulfonamides is 1. The highest BCUT2D eigenvalue weighted by atomic mass is 32.2. The summed E-state index contributed by atoms with van der Waals surface area (Å²) in [5.74, 6) is -0.801. The highest BCUT2D eigenvalue weighted by Gasteiger charge is 2.31. The van der Waals surface area contributed by atoms with Crippen molar-refractivity contribution in [2.24, 2.45) is 0 Å². The second kappa shape index (κ2) is 11.0. The molecule has 1 amide bonds. The van der Waals surface area contributed by atoms with Gasteiger partial charge in [-0.05, 0) is 42.3 Å². The maximum Gasteiger partial charge on any atom is 0.258 e. The predicted octanol–water partition coefficient (Wildman–Crippen LogP) is 3.85. The summed E-state index contributed by atoms with van der Waals surface area (Å²) in [5, 5.41) is 3.28. The van der Waals surface area contributed by atoms with Crippen LogP contribution in [0.3, 0.4) is 0 Å². The molecule has 1 aliphatic rings. The summed E-state index contributed by atoms with van der Waals surface area (Å²) < 4.78 is 44.4. The van der Waals surface area contributed by atoms with Gasteiger partial charge in [-0.15, -0.1) is 0 Å². The number of anilines is 2. The normalized spacial score (nSPS) is 14.5. The van der Waals surface area contributed by atoms with Crippen LogP contribution in [0.5, 0.6) is 0 Å². The number of nitrogens with one attached hydrogen (secondary N) is 1. The van der Waals surface area contributed by atoms with Crippen LogP contribution in [0.1, 0.15) is 12.5 Å². The number of carbonyl (C=O) groups excluding carboxylic acids is 1. The third kappa shape index (κ3) is 5.43. The molecule has 1 aliphatic heterocycles. The van der Waals surface area contributed by atoms with Crippen LogP contribution in [-0.4, -0.2) is 49.4 Å². The van der Waals surface area contributed by atoms with Crippen LogP contribution in [0, 0.1) is 5.82 Å². The number of piperazine rings is 1. The van der Waals surface area contributed by atoms with Crippen LogP contribution in [0.15, 0.2) is 88.7 Å². The second-order valence-corrected chi connectivity index (χ2v) is 11.3. The summed E-state index contributed by atoms with van der Waals surface area (Å²) in [6.07, 6.45) is 2.12. The number of pyridine rings is 1. The zero-order chi connectivity index (χ0) is 27.6. The number of hydrogen-bond acceptors (Lipinski definition) is 5. The molecule has 0 aliphatic carbocycles. The van der Waals surface area contributed by atoms with Gasteiger partial charge in [0.2, 0.25) is 15.9 Å². The van der Waals surface area contributed by atoms with E-state index in [1.165, 1.54) is 16.6 Å². The first-order chi connectivity index (χ1) is 18.8. The monoisotopic (exact) mass is 548 g/mol. The van der Waals surface area contributed by atoms with Crippen molar-refractivity contribution in [3.63, 3.8) is 0 Å². The van der Waals surface area contributed by atoms with Gasteiger partial charge in [-0.25, -0.2) is 12.8 Å². The highest BCUT2D eigenvalue weighted by molar-refractivity contribution is 7.89. The number of nitrogens with zero attached hydrogens (tertiary/aromatic N) is 3. The molecule has 1 N–H and O–H groups in total. The Morgan fingerprint density at radius 1 is 0.897 bits per heavy atom. The molecule has 8 nitrogen and oxygen atoms in total. The molecule has 10 heteroatoms. The quantitative estimate of drug-likeness (QED) is 0.379. The molecule has 3 aromatic carbocycles. The lowest BCUT2D eigenvalue weighted by Gasteiger charge is -2.35. The molecule has 0 saturated carbocycles. The van der Waals surface area contributed by atoms with Crippen LogP contribution in [0.4, 0.5) is 15.8 Å². The molecule has 0 radical (unpaired) electrons. The number of fused-ring (bicyclic) bond motifs is 1. The lowest BCUT2D eigenvalue weighted by atomic mass is 10.1. The Bertz CT molecular complexity index is 1680. The van der Waals surface area contributed by atoms with Gasteiger partial charge in [-0.1, -0.05) is 49.4 Å². The number of amides is 1. The highest BCUT2D eigenvalue weighted by Crippen LogP contribution is 2.27. The van der Waals surface area contributed by atoms with Crippen LogP contribution >= 0.6 is 0 Å². The van der Waals surface area contributed by atoms with Crippen molar-refractivity contribution in [3.05, 3.63) is 101 Å². The number of halogens is 1. The van der Waals surface area contributed by atoms with Gasteiger partial charge in [-0.3, -0.25) is 9.59 Å². The summed E-state index contributed by atoms with van der Waals surface area (Å²) in [4.78, 5) is 27.8. The van der Waals surface area contributed by atoms with Gasteiger partial charge in [-0.2, -0.15) is 4.31 Å². The average molecular weight is 549 g/mol. The van der Waals surface area contributed by atoms with Crippen molar-refractivity contribution in [1.82, 2.24) is 8.87 Å². The molecule has 0 unspecified atom stereocenters. The zero-order valence-corrected chi connectivity index (χ0v) is 22.3. The van der Waals surface area contributed by atoms with Gasteiger partial charge >= 0.3 is 0 Å². The molecule has 0 spiro atoms. The minimum atomic E-state index is -4.02. The summed E-state index contributed by atoms with van der Waals surface area (Å²) in [7, 11) is -4.02. The van der Waals surface area contributed by atoms with Crippen molar-refractivity contribution in [1.29, 1.82) is 0 Å². The Labute approximate surface area is 226 Å². The summed E-state index contributed by atoms with van der Waals surface area (Å²) in [6.45, 7) is 2.63. The fourth-order valence-electron chi connectivity index (χ4n) is 4.83. The van der Waals surface area contributed by atoms with E-state index in [0.29, 0.717) is 29.9 Å². The van der Waals surface area contributed by atoms with Crippen molar-refractivity contribution in [2.45, 2.75) is 24.8 Å². The van der Waals surface area contributed by atoms with E-state index in [2.05, 4.69) is 5.32 Å². The molecule has 5 rings (SSSR count). The largest absolute Gasteiger partial charge is 0.367 e. The molecule has 2 heterocycles. The Hall–Kier alpha value is -4.02. The third-order valence-electron chi connectivity index (χ3n) is 6.97. The van der Waals surface area contributed by atoms with Gasteiger partial charge in [0, 0.05) is 48.8 Å². The molecule has 4 aromatic rings. The average Bonchev–Trinajstić information content (AvgIpc) is 2.95. The molecule has 1 aromatic heterocycles. The van der Waals surface area contributed by atoms with E-state index < -0.39 is 21.5 Å². The van der Waals surface area contributed by atoms with Crippen LogP contribution in [0.25, 0.3) is 10.8 Å². The predicted molar refractivity (Wildman–Crippen MR) is 150 cm³/mol. The molecule has 1 saturated heterocycles. The second-order valence-electron chi connectivity index (χ2n) is 9.41. The first kappa shape index (κ1) is 26.6. The Morgan fingerprint density at radius 3 is 2.21 bits per heavy atom. The SMILES string of the molecule is CCc1ccc(NC(=O)Cn2cc(S(=O)(=O)N3CCN(c4ccccc4F)CC3)c3ccccc3c2=O)cc1. The molecule has 0 atom stereocenters. The van der Waals surface area contributed by atoms with Crippen molar-refractivity contribution >= 4 is 38.1 Å². The molecular weight excluding hydrogens is 519 g/mol. The zero-order valence-electron chi connectivity index (χ0n) is 21.5. The number of carbonyl (C=O) groups is 1. The minimum absolute atomic E-state index is 0.0443. The van der Waals surface area contributed by atoms with E-state index in [-0.39, 0.29) is 35.7 Å². The smallest absolute Gasteiger partial charge is 0.258 e. The van der Waals surface area contributed by atoms with E-state index in [1.807, 2.05) is 24.0 Å². The van der Waals surface area contributed by atoms with Crippen molar-refractivity contribution < 1.29 is 17.6 Å². The molecule has 39 heavy (non-hydrogen) atoms. The Kier molecular flexibility index (Phi) is 7.49. The molecule has 0 bridgehead atoms. The van der Waals surface area contributed by atoms with Crippen LogP contribution < -0.4 is 15.8 Å². The molecule has 1 fully saturated rings. The Balaban J connectivity index is 1.42. The number of aryl methyl sites for hydroxylation is 1. The van der Waals surface area contributed by atoms with Gasteiger partial charge in [0.15, 0.2) is 0 Å². The van der Waals surface area contributed by atoms with E-state index in [0.717, 1.165) is 16.6 Å². The van der Waals surface area contributed by atoms with Crippen LogP contribution in [-0.2, 0) is 27.8 Å². The number of hydrogen-bond donors (Lipinski definition) is 1. The van der Waals surface area contributed by atoms with E-state index in [1.54, 1.807) is 54.6 Å². The minimum Gasteiger partial charge on any atom is -0.367 e. The summed E-state index contributed by atoms with van der Waals surface area (Å²) in [5.41, 5.74) is 1.70. The van der Waals surface area contributed by atoms with Gasteiger partial charge in [0.05, 0.1) is 5.69 Å². The van der Waals surface area contributed by atoms with Crippen molar-refractivity contribution in [2.75, 3.05) is 36.4 Å². The molecular formula is C29H29FN4O4S. The lowest BCUT2D eigenvalue weighted by molar-refractivity contribution is -0.116. The Morgan fingerprint density at radius 2 is 1.54 bits per heavy atom. The number of benzene rings is 3. The topological polar surface area (TPSA) is 91.7 Å². The van der Waals surface area contributed by atoms with Crippen LogP contribution in [0.2, 0.25) is 0 Å². The van der Waals surface area contributed by atoms with Crippen molar-refractivity contribution in [3.8, 4) is 0 Å². The first-order valence-corrected chi connectivity index (χ1v) is 14.2. The number of aromatic nitrogens is 1. The standard InChI is InChI=1S/C29H29FN4O4S/c1-2-21-11-13-22(14-12-21)31-28(35)20-33-19-27(23-7-3-4-8-24(23)29(33)36)39(37,38)34-17-15-32(16-18-34)26-10-6-5-9-25(26)30/h3-14,19H,2,15-18,20H2,1H3,(H,31,35). The first-order valence-electron chi connectivity index (χ1n) is 12.8.